The van der Waals surface area contributed by atoms with Crippen LogP contribution < -0.4 is 5.32 Å². The highest BCUT2D eigenvalue weighted by Crippen LogP contribution is 2.19. The summed E-state index contributed by atoms with van der Waals surface area (Å²) in [6, 6.07) is 27.6. The summed E-state index contributed by atoms with van der Waals surface area (Å²) in [6.45, 7) is 8.33. The van der Waals surface area contributed by atoms with Crippen LogP contribution in [0.25, 0.3) is 0 Å². The first-order valence-electron chi connectivity index (χ1n) is 12.0. The predicted octanol–water partition coefficient (Wildman–Crippen LogP) is 5.78. The number of rotatable bonds is 10. The van der Waals surface area contributed by atoms with Gasteiger partial charge in [-0.3, -0.25) is 9.59 Å². The second kappa shape index (κ2) is 12.6. The number of aryl methyl sites for hydroxylation is 1. The van der Waals surface area contributed by atoms with Gasteiger partial charge in [0.15, 0.2) is 0 Å². The largest absolute Gasteiger partial charge is 0.350 e. The summed E-state index contributed by atoms with van der Waals surface area (Å²) in [5.74, 6) is 0.906. The highest BCUT2D eigenvalue weighted by molar-refractivity contribution is 7.99. The molecule has 35 heavy (non-hydrogen) atoms. The lowest BCUT2D eigenvalue weighted by molar-refractivity contribution is -0.140. The smallest absolute Gasteiger partial charge is 0.243 e. The number of thioether (sulfide) groups is 1. The summed E-state index contributed by atoms with van der Waals surface area (Å²) >= 11 is 1.58. The van der Waals surface area contributed by atoms with E-state index in [1.165, 1.54) is 5.56 Å². The quantitative estimate of drug-likeness (QED) is 0.393. The molecule has 3 rings (SSSR count). The van der Waals surface area contributed by atoms with Crippen LogP contribution in [-0.2, 0) is 28.3 Å². The predicted molar refractivity (Wildman–Crippen MR) is 146 cm³/mol. The summed E-state index contributed by atoms with van der Waals surface area (Å²) in [7, 11) is 0. The lowest BCUT2D eigenvalue weighted by Gasteiger charge is -2.34. The number of nitrogens with zero attached hydrogens (tertiary/aromatic N) is 1. The molecule has 0 aromatic heterocycles. The van der Waals surface area contributed by atoms with E-state index in [4.69, 9.17) is 0 Å². The molecule has 0 spiro atoms. The van der Waals surface area contributed by atoms with Gasteiger partial charge in [0.2, 0.25) is 11.8 Å². The fourth-order valence-corrected chi connectivity index (χ4v) is 4.68. The van der Waals surface area contributed by atoms with Crippen LogP contribution >= 0.6 is 11.8 Å². The van der Waals surface area contributed by atoms with E-state index in [2.05, 4.69) is 17.4 Å². The van der Waals surface area contributed by atoms with E-state index in [9.17, 15) is 9.59 Å². The molecular weight excluding hydrogens is 452 g/mol. The lowest BCUT2D eigenvalue weighted by Crippen LogP contribution is -2.54. The van der Waals surface area contributed by atoms with Gasteiger partial charge in [-0.05, 0) is 44.4 Å². The molecule has 0 heterocycles. The minimum absolute atomic E-state index is 0.0310. The van der Waals surface area contributed by atoms with Crippen LogP contribution in [0.2, 0.25) is 0 Å². The van der Waals surface area contributed by atoms with E-state index in [-0.39, 0.29) is 11.8 Å². The van der Waals surface area contributed by atoms with Gasteiger partial charge in [0, 0.05) is 24.3 Å². The fourth-order valence-electron chi connectivity index (χ4n) is 3.81. The third-order valence-corrected chi connectivity index (χ3v) is 6.57. The highest BCUT2D eigenvalue weighted by Gasteiger charge is 2.32. The molecule has 184 valence electrons. The summed E-state index contributed by atoms with van der Waals surface area (Å²) in [5.41, 5.74) is 3.99. The molecule has 2 amide bonds. The second-order valence-corrected chi connectivity index (χ2v) is 10.9. The first-order chi connectivity index (χ1) is 16.7. The van der Waals surface area contributed by atoms with Crippen molar-refractivity contribution in [3.05, 3.63) is 107 Å². The van der Waals surface area contributed by atoms with Gasteiger partial charge in [-0.2, -0.15) is 0 Å². The van der Waals surface area contributed by atoms with Gasteiger partial charge in [0.1, 0.15) is 6.04 Å². The first-order valence-corrected chi connectivity index (χ1v) is 13.2. The maximum absolute atomic E-state index is 13.6. The molecule has 0 saturated carbocycles. The Kier molecular flexibility index (Phi) is 9.55. The maximum Gasteiger partial charge on any atom is 0.243 e. The van der Waals surface area contributed by atoms with Crippen molar-refractivity contribution in [1.29, 1.82) is 0 Å². The van der Waals surface area contributed by atoms with Crippen molar-refractivity contribution in [3.8, 4) is 0 Å². The van der Waals surface area contributed by atoms with Gasteiger partial charge >= 0.3 is 0 Å². The SMILES string of the molecule is Cc1ccc(CN(C(=O)CSCc2ccccc2)C(Cc2ccccc2)C(=O)NC(C)(C)C)cc1. The van der Waals surface area contributed by atoms with Crippen LogP contribution in [0.1, 0.15) is 43.0 Å². The average molecular weight is 489 g/mol. The molecule has 0 aliphatic heterocycles. The van der Waals surface area contributed by atoms with E-state index in [0.29, 0.717) is 18.7 Å². The zero-order chi connectivity index (χ0) is 25.3. The Morgan fingerprint density at radius 3 is 1.97 bits per heavy atom. The zero-order valence-electron chi connectivity index (χ0n) is 21.2. The molecule has 3 aromatic rings. The Morgan fingerprint density at radius 1 is 0.829 bits per heavy atom. The molecule has 0 aliphatic carbocycles. The molecular formula is C30H36N2O2S. The van der Waals surface area contributed by atoms with Gasteiger partial charge in [-0.15, -0.1) is 11.8 Å². The number of hydrogen-bond donors (Lipinski definition) is 1. The number of nitrogens with one attached hydrogen (secondary N) is 1. The number of benzene rings is 3. The van der Waals surface area contributed by atoms with Gasteiger partial charge in [0.25, 0.3) is 0 Å². The van der Waals surface area contributed by atoms with Crippen LogP contribution in [0.5, 0.6) is 0 Å². The lowest BCUT2D eigenvalue weighted by atomic mass is 10.0. The van der Waals surface area contributed by atoms with Crippen molar-refractivity contribution in [3.63, 3.8) is 0 Å². The number of hydrogen-bond acceptors (Lipinski definition) is 3. The monoisotopic (exact) mass is 488 g/mol. The molecule has 3 aromatic carbocycles. The van der Waals surface area contributed by atoms with E-state index in [1.54, 1.807) is 16.7 Å². The van der Waals surface area contributed by atoms with Gasteiger partial charge < -0.3 is 10.2 Å². The van der Waals surface area contributed by atoms with E-state index >= 15 is 0 Å². The minimum atomic E-state index is -0.609. The van der Waals surface area contributed by atoms with Crippen molar-refractivity contribution >= 4 is 23.6 Å². The van der Waals surface area contributed by atoms with Crippen molar-refractivity contribution in [2.24, 2.45) is 0 Å². The normalized spacial score (nSPS) is 12.1. The standard InChI is InChI=1S/C30H36N2O2S/c1-23-15-17-25(18-16-23)20-32(28(33)22-35-21-26-13-9-6-10-14-26)27(29(34)31-30(2,3)4)19-24-11-7-5-8-12-24/h5-18,27H,19-22H2,1-4H3,(H,31,34). The van der Waals surface area contributed by atoms with Crippen molar-refractivity contribution in [2.45, 2.75) is 58.0 Å². The van der Waals surface area contributed by atoms with Crippen molar-refractivity contribution < 1.29 is 9.59 Å². The minimum Gasteiger partial charge on any atom is -0.350 e. The van der Waals surface area contributed by atoms with Crippen LogP contribution in [-0.4, -0.2) is 34.0 Å². The topological polar surface area (TPSA) is 49.4 Å². The molecule has 1 N–H and O–H groups in total. The van der Waals surface area contributed by atoms with E-state index in [0.717, 1.165) is 22.4 Å². The average Bonchev–Trinajstić information content (AvgIpc) is 2.82. The van der Waals surface area contributed by atoms with E-state index < -0.39 is 11.6 Å². The van der Waals surface area contributed by atoms with Crippen LogP contribution in [0.3, 0.4) is 0 Å². The molecule has 1 atom stereocenters. The third kappa shape index (κ3) is 8.91. The second-order valence-electron chi connectivity index (χ2n) is 9.93. The Labute approximate surface area is 214 Å². The Hall–Kier alpha value is -3.05. The third-order valence-electron chi connectivity index (χ3n) is 5.58. The summed E-state index contributed by atoms with van der Waals surface area (Å²) in [5, 5.41) is 3.11. The summed E-state index contributed by atoms with van der Waals surface area (Å²) in [6.07, 6.45) is 0.462. The van der Waals surface area contributed by atoms with Crippen LogP contribution in [0.4, 0.5) is 0 Å². The number of carbonyl (C=O) groups excluding carboxylic acids is 2. The summed E-state index contributed by atoms with van der Waals surface area (Å²) < 4.78 is 0. The molecule has 0 bridgehead atoms. The van der Waals surface area contributed by atoms with Crippen molar-refractivity contribution in [1.82, 2.24) is 10.2 Å². The molecule has 0 radical (unpaired) electrons. The first kappa shape index (κ1) is 26.6. The molecule has 4 nitrogen and oxygen atoms in total. The number of amides is 2. The molecule has 1 unspecified atom stereocenters. The van der Waals surface area contributed by atoms with E-state index in [1.807, 2.05) is 100 Å². The van der Waals surface area contributed by atoms with Crippen molar-refractivity contribution in [2.75, 3.05) is 5.75 Å². The van der Waals surface area contributed by atoms with Crippen LogP contribution in [0.15, 0.2) is 84.9 Å². The highest BCUT2D eigenvalue weighted by atomic mass is 32.2. The molecule has 5 heteroatoms. The Bertz CT molecular complexity index is 1080. The van der Waals surface area contributed by atoms with Gasteiger partial charge in [0.05, 0.1) is 5.75 Å². The Morgan fingerprint density at radius 2 is 1.40 bits per heavy atom. The maximum atomic E-state index is 13.6. The fraction of sp³-hybridized carbons (Fsp3) is 0.333. The van der Waals surface area contributed by atoms with Gasteiger partial charge in [-0.25, -0.2) is 0 Å². The summed E-state index contributed by atoms with van der Waals surface area (Å²) in [4.78, 5) is 28.9. The van der Waals surface area contributed by atoms with Crippen LogP contribution in [0, 0.1) is 6.92 Å². The molecule has 0 fully saturated rings. The molecule has 0 aliphatic rings. The Balaban J connectivity index is 1.86. The van der Waals surface area contributed by atoms with Gasteiger partial charge in [-0.1, -0.05) is 90.5 Å². The number of carbonyl (C=O) groups is 2. The zero-order valence-corrected chi connectivity index (χ0v) is 22.0. The molecule has 0 saturated heterocycles.